The van der Waals surface area contributed by atoms with Crippen molar-refractivity contribution in [2.24, 2.45) is 0 Å². The summed E-state index contributed by atoms with van der Waals surface area (Å²) in [6, 6.07) is 15.6. The van der Waals surface area contributed by atoms with Crippen LogP contribution in [-0.2, 0) is 12.8 Å². The quantitative estimate of drug-likeness (QED) is 0.798. The Hall–Kier alpha value is -2.33. The highest BCUT2D eigenvalue weighted by atomic mass is 16.3. The maximum atomic E-state index is 12.4. The molecule has 3 unspecified atom stereocenters. The number of hydrogen-bond donors (Lipinski definition) is 3. The SMILES string of the molecule is O=C(NC1CCc2ccccc21)NC1c2ccccc2CC1O. The molecule has 0 heterocycles. The summed E-state index contributed by atoms with van der Waals surface area (Å²) >= 11 is 0. The second-order valence-electron chi connectivity index (χ2n) is 6.36. The number of amides is 2. The number of aliphatic hydroxyl groups is 1. The van der Waals surface area contributed by atoms with Crippen molar-refractivity contribution in [3.8, 4) is 0 Å². The maximum Gasteiger partial charge on any atom is 0.315 e. The summed E-state index contributed by atoms with van der Waals surface area (Å²) in [5.41, 5.74) is 4.64. The molecule has 0 saturated carbocycles. The zero-order valence-corrected chi connectivity index (χ0v) is 12.8. The number of nitrogens with one attached hydrogen (secondary N) is 2. The fourth-order valence-corrected chi connectivity index (χ4v) is 3.80. The summed E-state index contributed by atoms with van der Waals surface area (Å²) in [6.45, 7) is 0. The number of rotatable bonds is 2. The largest absolute Gasteiger partial charge is 0.390 e. The van der Waals surface area contributed by atoms with Gasteiger partial charge in [0.25, 0.3) is 0 Å². The van der Waals surface area contributed by atoms with Gasteiger partial charge in [-0.25, -0.2) is 4.79 Å². The monoisotopic (exact) mass is 308 g/mol. The Morgan fingerprint density at radius 3 is 2.48 bits per heavy atom. The minimum atomic E-state index is -0.561. The molecule has 118 valence electrons. The normalized spacial score (nSPS) is 24.8. The predicted molar refractivity (Wildman–Crippen MR) is 88.1 cm³/mol. The number of aryl methyl sites for hydroxylation is 1. The fourth-order valence-electron chi connectivity index (χ4n) is 3.80. The van der Waals surface area contributed by atoms with E-state index >= 15 is 0 Å². The molecule has 0 spiro atoms. The molecule has 0 saturated heterocycles. The van der Waals surface area contributed by atoms with Crippen LogP contribution < -0.4 is 10.6 Å². The van der Waals surface area contributed by atoms with E-state index in [1.807, 2.05) is 36.4 Å². The first-order valence-electron chi connectivity index (χ1n) is 8.13. The van der Waals surface area contributed by atoms with E-state index in [1.54, 1.807) is 0 Å². The Kier molecular flexibility index (Phi) is 3.54. The van der Waals surface area contributed by atoms with Gasteiger partial charge >= 0.3 is 6.03 Å². The molecule has 23 heavy (non-hydrogen) atoms. The molecule has 2 aliphatic carbocycles. The third-order valence-electron chi connectivity index (χ3n) is 4.93. The minimum absolute atomic E-state index is 0.0555. The highest BCUT2D eigenvalue weighted by molar-refractivity contribution is 5.75. The predicted octanol–water partition coefficient (Wildman–Crippen LogP) is 2.63. The lowest BCUT2D eigenvalue weighted by atomic mass is 10.1. The van der Waals surface area contributed by atoms with E-state index in [2.05, 4.69) is 22.8 Å². The second kappa shape index (κ2) is 5.70. The number of carbonyl (C=O) groups excluding carboxylic acids is 1. The summed E-state index contributed by atoms with van der Waals surface area (Å²) in [7, 11) is 0. The smallest absolute Gasteiger partial charge is 0.315 e. The van der Waals surface area contributed by atoms with E-state index in [4.69, 9.17) is 0 Å². The van der Waals surface area contributed by atoms with E-state index in [0.29, 0.717) is 6.42 Å². The zero-order valence-electron chi connectivity index (χ0n) is 12.8. The summed E-state index contributed by atoms with van der Waals surface area (Å²) in [4.78, 5) is 12.4. The van der Waals surface area contributed by atoms with Crippen LogP contribution in [0.25, 0.3) is 0 Å². The molecule has 0 bridgehead atoms. The molecule has 0 radical (unpaired) electrons. The van der Waals surface area contributed by atoms with Gasteiger partial charge in [0.05, 0.1) is 18.2 Å². The van der Waals surface area contributed by atoms with E-state index in [-0.39, 0.29) is 18.1 Å². The van der Waals surface area contributed by atoms with Crippen molar-refractivity contribution >= 4 is 6.03 Å². The number of fused-ring (bicyclic) bond motifs is 2. The summed E-state index contributed by atoms with van der Waals surface area (Å²) < 4.78 is 0. The number of hydrogen-bond acceptors (Lipinski definition) is 2. The lowest BCUT2D eigenvalue weighted by Gasteiger charge is -2.21. The maximum absolute atomic E-state index is 12.4. The Morgan fingerprint density at radius 1 is 0.957 bits per heavy atom. The van der Waals surface area contributed by atoms with Crippen molar-refractivity contribution in [2.45, 2.75) is 37.5 Å². The highest BCUT2D eigenvalue weighted by Crippen LogP contribution is 2.32. The molecule has 4 nitrogen and oxygen atoms in total. The third kappa shape index (κ3) is 2.59. The van der Waals surface area contributed by atoms with Crippen molar-refractivity contribution in [1.29, 1.82) is 0 Å². The average molecular weight is 308 g/mol. The molecule has 2 aromatic carbocycles. The van der Waals surface area contributed by atoms with Crippen molar-refractivity contribution in [3.05, 3.63) is 70.8 Å². The molecule has 4 heteroatoms. The molecule has 4 rings (SSSR count). The van der Waals surface area contributed by atoms with Gasteiger partial charge in [0.2, 0.25) is 0 Å². The molecule has 3 N–H and O–H groups in total. The molecular formula is C19H20N2O2. The standard InChI is InChI=1S/C19H20N2O2/c22-17-11-13-6-2-4-8-15(13)18(17)21-19(23)20-16-10-9-12-5-1-3-7-14(12)16/h1-8,16-18,22H,9-11H2,(H2,20,21,23). The van der Waals surface area contributed by atoms with Crippen molar-refractivity contribution in [1.82, 2.24) is 10.6 Å². The summed E-state index contributed by atoms with van der Waals surface area (Å²) in [6.07, 6.45) is 1.95. The van der Waals surface area contributed by atoms with Gasteiger partial charge in [0.1, 0.15) is 0 Å². The average Bonchev–Trinajstić information content (AvgIpc) is 3.10. The first-order valence-corrected chi connectivity index (χ1v) is 8.13. The van der Waals surface area contributed by atoms with Gasteiger partial charge in [-0.15, -0.1) is 0 Å². The van der Waals surface area contributed by atoms with Crippen LogP contribution >= 0.6 is 0 Å². The van der Waals surface area contributed by atoms with Crippen LogP contribution in [0.15, 0.2) is 48.5 Å². The lowest BCUT2D eigenvalue weighted by molar-refractivity contribution is 0.142. The minimum Gasteiger partial charge on any atom is -0.390 e. The van der Waals surface area contributed by atoms with Gasteiger partial charge in [-0.3, -0.25) is 0 Å². The van der Waals surface area contributed by atoms with Crippen LogP contribution in [0, 0.1) is 0 Å². The highest BCUT2D eigenvalue weighted by Gasteiger charge is 2.32. The van der Waals surface area contributed by atoms with Gasteiger partial charge in [-0.1, -0.05) is 48.5 Å². The third-order valence-corrected chi connectivity index (χ3v) is 4.93. The van der Waals surface area contributed by atoms with Gasteiger partial charge in [0.15, 0.2) is 0 Å². The van der Waals surface area contributed by atoms with Crippen molar-refractivity contribution in [2.75, 3.05) is 0 Å². The molecule has 2 amide bonds. The molecule has 2 aromatic rings. The number of urea groups is 1. The molecule has 3 atom stereocenters. The second-order valence-corrected chi connectivity index (χ2v) is 6.36. The number of carbonyl (C=O) groups is 1. The fraction of sp³-hybridized carbons (Fsp3) is 0.316. The Balaban J connectivity index is 1.45. The summed E-state index contributed by atoms with van der Waals surface area (Å²) in [5, 5.41) is 16.2. The van der Waals surface area contributed by atoms with E-state index in [9.17, 15) is 9.90 Å². The summed E-state index contributed by atoms with van der Waals surface area (Å²) in [5.74, 6) is 0. The molecule has 0 aliphatic heterocycles. The molecular weight excluding hydrogens is 288 g/mol. The van der Waals surface area contributed by atoms with Crippen LogP contribution in [0.5, 0.6) is 0 Å². The Morgan fingerprint density at radius 2 is 1.65 bits per heavy atom. The van der Waals surface area contributed by atoms with Crippen molar-refractivity contribution in [3.63, 3.8) is 0 Å². The lowest BCUT2D eigenvalue weighted by Crippen LogP contribution is -2.42. The van der Waals surface area contributed by atoms with E-state index < -0.39 is 6.10 Å². The van der Waals surface area contributed by atoms with Crippen LogP contribution in [0.4, 0.5) is 4.79 Å². The van der Waals surface area contributed by atoms with E-state index in [1.165, 1.54) is 11.1 Å². The van der Waals surface area contributed by atoms with Crippen LogP contribution in [0.1, 0.15) is 40.8 Å². The first kappa shape index (κ1) is 14.3. The van der Waals surface area contributed by atoms with Gasteiger partial charge in [-0.05, 0) is 35.1 Å². The van der Waals surface area contributed by atoms with E-state index in [0.717, 1.165) is 24.0 Å². The zero-order chi connectivity index (χ0) is 15.8. The van der Waals surface area contributed by atoms with Gasteiger partial charge in [0, 0.05) is 6.42 Å². The molecule has 2 aliphatic rings. The number of benzene rings is 2. The molecule has 0 aromatic heterocycles. The van der Waals surface area contributed by atoms with Gasteiger partial charge < -0.3 is 15.7 Å². The van der Waals surface area contributed by atoms with Gasteiger partial charge in [-0.2, -0.15) is 0 Å². The molecule has 0 fully saturated rings. The van der Waals surface area contributed by atoms with Crippen LogP contribution in [0.2, 0.25) is 0 Å². The Labute approximate surface area is 135 Å². The van der Waals surface area contributed by atoms with Crippen LogP contribution in [0.3, 0.4) is 0 Å². The van der Waals surface area contributed by atoms with Crippen LogP contribution in [-0.4, -0.2) is 17.2 Å². The Bertz CT molecular complexity index is 744. The van der Waals surface area contributed by atoms with Crippen molar-refractivity contribution < 1.29 is 9.90 Å². The topological polar surface area (TPSA) is 61.4 Å². The number of aliphatic hydroxyl groups excluding tert-OH is 1. The first-order chi connectivity index (χ1) is 11.2.